The molecule has 1 heterocycles. The van der Waals surface area contributed by atoms with Crippen LogP contribution in [-0.2, 0) is 10.2 Å². The van der Waals surface area contributed by atoms with Gasteiger partial charge in [0.15, 0.2) is 0 Å². The normalized spacial score (nSPS) is 13.6. The average molecular weight is 463 g/mol. The fourth-order valence-electron chi connectivity index (χ4n) is 4.53. The molecule has 0 saturated carbocycles. The maximum atomic E-state index is 11.1. The van der Waals surface area contributed by atoms with E-state index in [0.29, 0.717) is 0 Å². The number of rotatable bonds is 5. The highest BCUT2D eigenvalue weighted by molar-refractivity contribution is 7.16. The van der Waals surface area contributed by atoms with Crippen LogP contribution in [0.4, 0.5) is 11.4 Å². The van der Waals surface area contributed by atoms with Gasteiger partial charge in [0, 0.05) is 26.5 Å². The third kappa shape index (κ3) is 3.79. The minimum atomic E-state index is -1.21. The van der Waals surface area contributed by atoms with E-state index in [1.807, 2.05) is 36.4 Å². The second kappa shape index (κ2) is 8.33. The van der Waals surface area contributed by atoms with E-state index in [2.05, 4.69) is 66.5 Å². The zero-order valence-electron chi connectivity index (χ0n) is 18.8. The summed E-state index contributed by atoms with van der Waals surface area (Å²) in [5.41, 5.74) is 8.08. The largest absolute Gasteiger partial charge is 0.486 e. The highest BCUT2D eigenvalue weighted by Gasteiger charge is 2.35. The molecule has 0 atom stereocenters. The zero-order valence-corrected chi connectivity index (χ0v) is 19.6. The molecule has 5 heteroatoms. The van der Waals surface area contributed by atoms with Gasteiger partial charge in [0.1, 0.15) is 0 Å². The van der Waals surface area contributed by atoms with E-state index in [9.17, 15) is 4.79 Å². The number of nitrogens with zero attached hydrogens (tertiary/aromatic N) is 1. The first-order valence-corrected chi connectivity index (χ1v) is 11.7. The number of hydrogen-bond donors (Lipinski definition) is 2. The zero-order chi connectivity index (χ0) is 23.9. The number of anilines is 2. The molecule has 1 aromatic heterocycles. The quantitative estimate of drug-likeness (QED) is 0.235. The third-order valence-electron chi connectivity index (χ3n) is 6.29. The lowest BCUT2D eigenvalue weighted by atomic mass is 9.82. The summed E-state index contributed by atoms with van der Waals surface area (Å²) in [4.78, 5) is 15.9. The Kier molecular flexibility index (Phi) is 5.31. The van der Waals surface area contributed by atoms with Crippen LogP contribution in [0.2, 0.25) is 0 Å². The van der Waals surface area contributed by atoms with Crippen LogP contribution in [0.5, 0.6) is 0 Å². The second-order valence-corrected chi connectivity index (χ2v) is 9.90. The van der Waals surface area contributed by atoms with Crippen molar-refractivity contribution in [1.29, 1.82) is 0 Å². The Labute approximate surface area is 202 Å². The Morgan fingerprint density at radius 3 is 2.38 bits per heavy atom. The van der Waals surface area contributed by atoms with Gasteiger partial charge in [-0.1, -0.05) is 56.3 Å². The number of fused-ring (bicyclic) bond motifs is 3. The lowest BCUT2D eigenvalue weighted by Crippen LogP contribution is -2.15. The molecule has 3 aromatic carbocycles. The molecule has 0 bridgehead atoms. The number of aliphatic carboxylic acids is 1. The molecular weight excluding hydrogens is 440 g/mol. The summed E-state index contributed by atoms with van der Waals surface area (Å²) < 4.78 is 0. The van der Waals surface area contributed by atoms with Crippen LogP contribution in [0.25, 0.3) is 32.5 Å². The summed E-state index contributed by atoms with van der Waals surface area (Å²) in [6.07, 6.45) is 1.41. The minimum Gasteiger partial charge on any atom is -0.486 e. The summed E-state index contributed by atoms with van der Waals surface area (Å²) >= 11 is 1.46. The number of thiophene rings is 1. The van der Waals surface area contributed by atoms with Gasteiger partial charge in [-0.15, -0.1) is 11.3 Å². The Bertz CT molecular complexity index is 1490. The van der Waals surface area contributed by atoms with Gasteiger partial charge in [0.25, 0.3) is 5.70 Å². The molecule has 0 aliphatic heterocycles. The molecule has 0 amide bonds. The van der Waals surface area contributed by atoms with Crippen molar-refractivity contribution in [2.75, 3.05) is 5.32 Å². The summed E-state index contributed by atoms with van der Waals surface area (Å²) in [5, 5.41) is 12.6. The molecule has 1 aliphatic rings. The number of benzene rings is 3. The van der Waals surface area contributed by atoms with Crippen LogP contribution in [-0.4, -0.2) is 11.1 Å². The first-order chi connectivity index (χ1) is 16.4. The van der Waals surface area contributed by atoms with Gasteiger partial charge in [0.2, 0.25) is 0 Å². The van der Waals surface area contributed by atoms with Crippen LogP contribution in [0.1, 0.15) is 29.9 Å². The molecular formula is C29H22N2O2S. The molecule has 1 aliphatic carbocycles. The van der Waals surface area contributed by atoms with Crippen molar-refractivity contribution < 1.29 is 9.90 Å². The Morgan fingerprint density at radius 1 is 0.941 bits per heavy atom. The van der Waals surface area contributed by atoms with Crippen molar-refractivity contribution in [3.8, 4) is 21.6 Å². The van der Waals surface area contributed by atoms with Crippen LogP contribution in [0.15, 0.2) is 84.6 Å². The van der Waals surface area contributed by atoms with Gasteiger partial charge in [-0.25, -0.2) is 4.85 Å². The van der Waals surface area contributed by atoms with E-state index in [1.165, 1.54) is 39.7 Å². The van der Waals surface area contributed by atoms with Crippen molar-refractivity contribution in [2.24, 2.45) is 0 Å². The van der Waals surface area contributed by atoms with Gasteiger partial charge in [-0.05, 0) is 70.3 Å². The fourth-order valence-corrected chi connectivity index (χ4v) is 5.48. The van der Waals surface area contributed by atoms with Gasteiger partial charge in [-0.3, -0.25) is 4.79 Å². The molecule has 5 rings (SSSR count). The Morgan fingerprint density at radius 2 is 1.65 bits per heavy atom. The van der Waals surface area contributed by atoms with E-state index < -0.39 is 5.97 Å². The maximum absolute atomic E-state index is 11.1. The minimum absolute atomic E-state index is 0.0352. The van der Waals surface area contributed by atoms with Crippen LogP contribution in [0.3, 0.4) is 0 Å². The van der Waals surface area contributed by atoms with Crippen molar-refractivity contribution in [3.05, 3.63) is 112 Å². The highest BCUT2D eigenvalue weighted by atomic mass is 32.1. The monoisotopic (exact) mass is 462 g/mol. The molecule has 2 N–H and O–H groups in total. The van der Waals surface area contributed by atoms with E-state index >= 15 is 0 Å². The Hall–Kier alpha value is -4.14. The fraction of sp³-hybridized carbons (Fsp3) is 0.103. The van der Waals surface area contributed by atoms with Crippen LogP contribution < -0.4 is 5.32 Å². The van der Waals surface area contributed by atoms with E-state index in [0.717, 1.165) is 26.7 Å². The molecule has 0 radical (unpaired) electrons. The SMILES string of the molecule is [C-]#[N+]/C(=C\c1ccc(-c2ccc(Nc3ccc4c(c3)C(C)(C)c3ccccc3-4)cc2)s1)C(=O)O. The van der Waals surface area contributed by atoms with Crippen molar-refractivity contribution in [1.82, 2.24) is 0 Å². The van der Waals surface area contributed by atoms with Crippen molar-refractivity contribution in [3.63, 3.8) is 0 Å². The van der Waals surface area contributed by atoms with Gasteiger partial charge in [0.05, 0.1) is 6.57 Å². The summed E-state index contributed by atoms with van der Waals surface area (Å²) in [6.45, 7) is 11.5. The first kappa shape index (κ1) is 21.7. The highest BCUT2D eigenvalue weighted by Crippen LogP contribution is 2.49. The molecule has 166 valence electrons. The Balaban J connectivity index is 1.36. The van der Waals surface area contributed by atoms with E-state index in [1.54, 1.807) is 0 Å². The molecule has 0 saturated heterocycles. The molecule has 4 aromatic rings. The third-order valence-corrected chi connectivity index (χ3v) is 7.37. The number of nitrogens with one attached hydrogen (secondary N) is 1. The molecule has 0 unspecified atom stereocenters. The number of hydrogen-bond acceptors (Lipinski definition) is 3. The average Bonchev–Trinajstić information content (AvgIpc) is 3.39. The van der Waals surface area contributed by atoms with E-state index in [4.69, 9.17) is 11.7 Å². The summed E-state index contributed by atoms with van der Waals surface area (Å²) in [7, 11) is 0. The second-order valence-electron chi connectivity index (χ2n) is 8.78. The van der Waals surface area contributed by atoms with Crippen molar-refractivity contribution >= 4 is 34.8 Å². The lowest BCUT2D eigenvalue weighted by molar-refractivity contribution is -0.132. The summed E-state index contributed by atoms with van der Waals surface area (Å²) in [6, 6.07) is 27.2. The number of carboxylic acid groups (broad SMARTS) is 1. The predicted octanol–water partition coefficient (Wildman–Crippen LogP) is 7.81. The smallest absolute Gasteiger partial charge is 0.333 e. The topological polar surface area (TPSA) is 53.7 Å². The van der Waals surface area contributed by atoms with E-state index in [-0.39, 0.29) is 11.1 Å². The number of carboxylic acids is 1. The predicted molar refractivity (Wildman–Crippen MR) is 139 cm³/mol. The van der Waals surface area contributed by atoms with Gasteiger partial charge < -0.3 is 10.4 Å². The number of carbonyl (C=O) groups is 1. The van der Waals surface area contributed by atoms with Crippen molar-refractivity contribution in [2.45, 2.75) is 19.3 Å². The molecule has 4 nitrogen and oxygen atoms in total. The standard InChI is InChI=1S/C29H22N2O2S/c1-29(2)24-7-5-4-6-22(24)23-14-12-20(16-25(23)29)31-19-10-8-18(9-11-19)27-15-13-21(34-27)17-26(30-3)28(32)33/h4-17,31H,1-2H3,(H,32,33)/b26-17-. The molecule has 0 fully saturated rings. The lowest BCUT2D eigenvalue weighted by Gasteiger charge is -2.22. The van der Waals surface area contributed by atoms with Crippen LogP contribution >= 0.6 is 11.3 Å². The van der Waals surface area contributed by atoms with Crippen LogP contribution in [0, 0.1) is 6.57 Å². The molecule has 0 spiro atoms. The molecule has 34 heavy (non-hydrogen) atoms. The maximum Gasteiger partial charge on any atom is 0.333 e. The first-order valence-electron chi connectivity index (χ1n) is 10.9. The summed E-state index contributed by atoms with van der Waals surface area (Å²) in [5.74, 6) is -1.21. The van der Waals surface area contributed by atoms with Gasteiger partial charge in [-0.2, -0.15) is 0 Å². The van der Waals surface area contributed by atoms with Gasteiger partial charge >= 0.3 is 5.97 Å².